The van der Waals surface area contributed by atoms with E-state index in [1.165, 1.54) is 6.08 Å². The maximum Gasteiger partial charge on any atom is 0.338 e. The Morgan fingerprint density at radius 3 is 2.69 bits per heavy atom. The molecule has 6 heteroatoms. The number of aryl methyl sites for hydroxylation is 1. The molecule has 0 aromatic heterocycles. The molecule has 3 rings (SSSR count). The first-order chi connectivity index (χ1) is 13.7. The third kappa shape index (κ3) is 4.86. The predicted octanol–water partition coefficient (Wildman–Crippen LogP) is 3.35. The van der Waals surface area contributed by atoms with Crippen molar-refractivity contribution < 1.29 is 19.1 Å². The number of likely N-dealkylation sites (tertiary alicyclic amines) is 1. The first kappa shape index (κ1) is 21.1. The van der Waals surface area contributed by atoms with E-state index in [2.05, 4.69) is 27.4 Å². The van der Waals surface area contributed by atoms with E-state index in [1.54, 1.807) is 28.0 Å². The number of hydrogen-bond acceptors (Lipinski definition) is 4. The van der Waals surface area contributed by atoms with Gasteiger partial charge in [-0.25, -0.2) is 4.79 Å². The summed E-state index contributed by atoms with van der Waals surface area (Å²) in [7, 11) is 0. The second kappa shape index (κ2) is 8.39. The molecule has 1 aromatic rings. The maximum absolute atomic E-state index is 12.7. The molecule has 1 saturated heterocycles. The monoisotopic (exact) mass is 398 g/mol. The predicted molar refractivity (Wildman–Crippen MR) is 112 cm³/mol. The minimum Gasteiger partial charge on any atom is -0.449 e. The lowest BCUT2D eigenvalue weighted by Crippen LogP contribution is -2.48. The molecule has 2 amide bonds. The van der Waals surface area contributed by atoms with E-state index in [0.717, 1.165) is 30.5 Å². The summed E-state index contributed by atoms with van der Waals surface area (Å²) < 4.78 is 5.59. The minimum atomic E-state index is -0.728. The first-order valence-electron chi connectivity index (χ1n) is 10.3. The van der Waals surface area contributed by atoms with Gasteiger partial charge in [0.1, 0.15) is 0 Å². The van der Waals surface area contributed by atoms with E-state index >= 15 is 0 Å². The molecule has 1 unspecified atom stereocenters. The molecular formula is C23H30N2O4. The van der Waals surface area contributed by atoms with Gasteiger partial charge in [-0.2, -0.15) is 0 Å². The molecule has 29 heavy (non-hydrogen) atoms. The van der Waals surface area contributed by atoms with E-state index in [-0.39, 0.29) is 17.2 Å². The number of hydrogen-bond donors (Lipinski definition) is 0. The van der Waals surface area contributed by atoms with Crippen LogP contribution in [0.15, 0.2) is 30.9 Å². The topological polar surface area (TPSA) is 66.9 Å². The lowest BCUT2D eigenvalue weighted by Gasteiger charge is -2.36. The molecule has 1 fully saturated rings. The average Bonchev–Trinajstić information content (AvgIpc) is 2.68. The number of carbonyl (C=O) groups excluding carboxylic acids is 3. The van der Waals surface area contributed by atoms with Gasteiger partial charge in [0.15, 0.2) is 6.10 Å². The first-order valence-corrected chi connectivity index (χ1v) is 10.3. The highest BCUT2D eigenvalue weighted by Crippen LogP contribution is 2.29. The molecule has 2 heterocycles. The van der Waals surface area contributed by atoms with Crippen molar-refractivity contribution in [3.63, 3.8) is 0 Å². The molecule has 156 valence electrons. The third-order valence-electron chi connectivity index (χ3n) is 5.27. The van der Waals surface area contributed by atoms with Crippen LogP contribution in [0.4, 0.5) is 5.69 Å². The molecule has 2 aliphatic heterocycles. The van der Waals surface area contributed by atoms with Gasteiger partial charge in [-0.15, -0.1) is 0 Å². The van der Waals surface area contributed by atoms with Crippen LogP contribution in [-0.4, -0.2) is 48.4 Å². The highest BCUT2D eigenvalue weighted by atomic mass is 16.5. The summed E-state index contributed by atoms with van der Waals surface area (Å²) in [5.74, 6) is -0.746. The molecule has 0 bridgehead atoms. The third-order valence-corrected chi connectivity index (χ3v) is 5.27. The Bertz CT molecular complexity index is 825. The van der Waals surface area contributed by atoms with Crippen molar-refractivity contribution in [3.05, 3.63) is 42.0 Å². The van der Waals surface area contributed by atoms with E-state index in [9.17, 15) is 14.4 Å². The Morgan fingerprint density at radius 2 is 2.00 bits per heavy atom. The molecule has 2 aliphatic rings. The summed E-state index contributed by atoms with van der Waals surface area (Å²) in [6, 6.07) is 5.22. The average molecular weight is 399 g/mol. The van der Waals surface area contributed by atoms with Crippen LogP contribution in [-0.2, 0) is 20.7 Å². The fourth-order valence-electron chi connectivity index (χ4n) is 4.00. The smallest absolute Gasteiger partial charge is 0.338 e. The van der Waals surface area contributed by atoms with Crippen LogP contribution >= 0.6 is 0 Å². The van der Waals surface area contributed by atoms with Crippen molar-refractivity contribution in [1.82, 2.24) is 4.90 Å². The highest BCUT2D eigenvalue weighted by molar-refractivity contribution is 6.02. The Morgan fingerprint density at radius 1 is 1.24 bits per heavy atom. The second-order valence-electron chi connectivity index (χ2n) is 9.00. The van der Waals surface area contributed by atoms with E-state index in [1.807, 2.05) is 0 Å². The molecule has 0 spiro atoms. The number of nitrogens with zero attached hydrogens (tertiary/aromatic N) is 2. The van der Waals surface area contributed by atoms with E-state index in [0.29, 0.717) is 31.6 Å². The van der Waals surface area contributed by atoms with E-state index in [4.69, 9.17) is 4.74 Å². The normalized spacial score (nSPS) is 19.6. The fourth-order valence-corrected chi connectivity index (χ4v) is 4.00. The summed E-state index contributed by atoms with van der Waals surface area (Å²) in [6.07, 6.45) is 3.57. The summed E-state index contributed by atoms with van der Waals surface area (Å²) >= 11 is 0. The van der Waals surface area contributed by atoms with Gasteiger partial charge in [0, 0.05) is 25.3 Å². The van der Waals surface area contributed by atoms with Crippen molar-refractivity contribution in [2.75, 3.05) is 24.5 Å². The molecule has 0 aliphatic carbocycles. The lowest BCUT2D eigenvalue weighted by atomic mass is 9.94. The van der Waals surface area contributed by atoms with Crippen LogP contribution in [0.5, 0.6) is 0 Å². The van der Waals surface area contributed by atoms with Gasteiger partial charge in [-0.1, -0.05) is 27.4 Å². The zero-order chi connectivity index (χ0) is 21.2. The molecule has 6 nitrogen and oxygen atoms in total. The lowest BCUT2D eigenvalue weighted by molar-refractivity contribution is -0.145. The molecule has 0 saturated carbocycles. The number of anilines is 1. The van der Waals surface area contributed by atoms with Crippen molar-refractivity contribution >= 4 is 23.5 Å². The van der Waals surface area contributed by atoms with Gasteiger partial charge >= 0.3 is 5.97 Å². The minimum absolute atomic E-state index is 0.00516. The van der Waals surface area contributed by atoms with Crippen molar-refractivity contribution in [3.8, 4) is 0 Å². The van der Waals surface area contributed by atoms with Crippen molar-refractivity contribution in [1.29, 1.82) is 0 Å². The fraction of sp³-hybridized carbons (Fsp3) is 0.522. The van der Waals surface area contributed by atoms with Crippen LogP contribution in [0.25, 0.3) is 0 Å². The van der Waals surface area contributed by atoms with Gasteiger partial charge in [0.25, 0.3) is 5.91 Å². The largest absolute Gasteiger partial charge is 0.449 e. The van der Waals surface area contributed by atoms with Crippen molar-refractivity contribution in [2.24, 2.45) is 5.41 Å². The second-order valence-corrected chi connectivity index (χ2v) is 9.00. The van der Waals surface area contributed by atoms with Crippen LogP contribution in [0.2, 0.25) is 0 Å². The van der Waals surface area contributed by atoms with Gasteiger partial charge in [0.05, 0.1) is 5.56 Å². The quantitative estimate of drug-likeness (QED) is 0.576. The van der Waals surface area contributed by atoms with Crippen molar-refractivity contribution in [2.45, 2.75) is 52.6 Å². The summed E-state index contributed by atoms with van der Waals surface area (Å²) in [5, 5.41) is 0. The zero-order valence-corrected chi connectivity index (χ0v) is 17.6. The van der Waals surface area contributed by atoms with Gasteiger partial charge in [-0.3, -0.25) is 9.59 Å². The number of amides is 2. The number of piperidine rings is 1. The van der Waals surface area contributed by atoms with Crippen LogP contribution in [0, 0.1) is 5.41 Å². The Labute approximate surface area is 172 Å². The number of ether oxygens (including phenoxy) is 1. The Balaban J connectivity index is 1.72. The molecule has 0 N–H and O–H groups in total. The van der Waals surface area contributed by atoms with Gasteiger partial charge < -0.3 is 14.5 Å². The van der Waals surface area contributed by atoms with E-state index < -0.39 is 12.1 Å². The Kier molecular flexibility index (Phi) is 6.10. The summed E-state index contributed by atoms with van der Waals surface area (Å²) in [6.45, 7) is 11.8. The van der Waals surface area contributed by atoms with Gasteiger partial charge in [0.2, 0.25) is 5.91 Å². The van der Waals surface area contributed by atoms with Crippen LogP contribution in [0.1, 0.15) is 56.0 Å². The SMILES string of the molecule is C=CC(=O)N1CCCc2cc(C(=O)OC3CCCN(CC(C)(C)C)C3=O)ccc21. The summed E-state index contributed by atoms with van der Waals surface area (Å²) in [4.78, 5) is 41.0. The maximum atomic E-state index is 12.7. The molecule has 1 aromatic carbocycles. The standard InChI is InChI=1S/C23H30N2O4/c1-5-20(26)25-13-6-8-16-14-17(10-11-18(16)25)22(28)29-19-9-7-12-24(21(19)27)15-23(2,3)4/h5,10-11,14,19H,1,6-9,12-13,15H2,2-4H3. The van der Waals surface area contributed by atoms with Crippen LogP contribution < -0.4 is 4.90 Å². The number of rotatable bonds is 4. The van der Waals surface area contributed by atoms with Crippen LogP contribution in [0.3, 0.4) is 0 Å². The number of benzene rings is 1. The van der Waals surface area contributed by atoms with Gasteiger partial charge in [-0.05, 0) is 60.9 Å². The summed E-state index contributed by atoms with van der Waals surface area (Å²) in [5.41, 5.74) is 2.15. The molecular weight excluding hydrogens is 368 g/mol. The number of esters is 1. The number of fused-ring (bicyclic) bond motifs is 1. The number of carbonyl (C=O) groups is 3. The molecule has 0 radical (unpaired) electrons. The Hall–Kier alpha value is -2.63. The molecule has 1 atom stereocenters. The highest BCUT2D eigenvalue weighted by Gasteiger charge is 2.34. The zero-order valence-electron chi connectivity index (χ0n) is 17.6.